The highest BCUT2D eigenvalue weighted by Gasteiger charge is 2.18. The van der Waals surface area contributed by atoms with E-state index < -0.39 is 0 Å². The van der Waals surface area contributed by atoms with E-state index in [-0.39, 0.29) is 5.56 Å². The van der Waals surface area contributed by atoms with Crippen molar-refractivity contribution in [3.63, 3.8) is 0 Å². The largest absolute Gasteiger partial charge is 0.497 e. The van der Waals surface area contributed by atoms with Gasteiger partial charge in [0.25, 0.3) is 5.56 Å². The summed E-state index contributed by atoms with van der Waals surface area (Å²) in [4.78, 5) is 13.3. The molecule has 0 saturated heterocycles. The molecular weight excluding hydrogens is 354 g/mol. The monoisotopic (exact) mass is 375 g/mol. The van der Waals surface area contributed by atoms with Crippen molar-refractivity contribution >= 4 is 10.8 Å². The van der Waals surface area contributed by atoms with Gasteiger partial charge in [-0.25, -0.2) is 0 Å². The van der Waals surface area contributed by atoms with Crippen molar-refractivity contribution in [3.8, 4) is 22.9 Å². The summed E-state index contributed by atoms with van der Waals surface area (Å²) >= 11 is 0. The maximum absolute atomic E-state index is 13.3. The first kappa shape index (κ1) is 17.9. The van der Waals surface area contributed by atoms with Gasteiger partial charge in [-0.1, -0.05) is 12.1 Å². The van der Waals surface area contributed by atoms with Crippen molar-refractivity contribution in [3.05, 3.63) is 76.5 Å². The second-order valence-electron chi connectivity index (χ2n) is 6.56. The van der Waals surface area contributed by atoms with Crippen molar-refractivity contribution in [2.75, 3.05) is 14.2 Å². The highest BCUT2D eigenvalue weighted by Crippen LogP contribution is 2.28. The number of hydrogen-bond donors (Lipinski definition) is 0. The topological polar surface area (TPSA) is 58.3 Å². The fourth-order valence-corrected chi connectivity index (χ4v) is 3.62. The minimum Gasteiger partial charge on any atom is -0.497 e. The molecule has 0 fully saturated rings. The third-order valence-electron chi connectivity index (χ3n) is 5.01. The first-order valence-corrected chi connectivity index (χ1v) is 8.94. The van der Waals surface area contributed by atoms with Gasteiger partial charge in [0.05, 0.1) is 31.5 Å². The summed E-state index contributed by atoms with van der Waals surface area (Å²) in [5.41, 5.74) is 3.27. The highest BCUT2D eigenvalue weighted by atomic mass is 16.5. The summed E-state index contributed by atoms with van der Waals surface area (Å²) in [7, 11) is 3.24. The zero-order valence-electron chi connectivity index (χ0n) is 16.3. The highest BCUT2D eigenvalue weighted by molar-refractivity contribution is 5.88. The van der Waals surface area contributed by atoms with Crippen LogP contribution < -0.4 is 15.0 Å². The lowest BCUT2D eigenvalue weighted by molar-refractivity contribution is 0.414. The molecule has 28 heavy (non-hydrogen) atoms. The van der Waals surface area contributed by atoms with Crippen molar-refractivity contribution in [2.24, 2.45) is 0 Å². The summed E-state index contributed by atoms with van der Waals surface area (Å²) in [6.07, 6.45) is 1.75. The standard InChI is InChI=1S/C22H21N3O3/c1-14-20-13-23-25(17-8-6-10-19(12-17)28-4)22(26)21(20)15(2)24(14)16-7-5-9-18(11-16)27-3/h5-13H,1-4H3. The Hall–Kier alpha value is -3.54. The summed E-state index contributed by atoms with van der Waals surface area (Å²) in [5.74, 6) is 1.44. The maximum atomic E-state index is 13.3. The van der Waals surface area contributed by atoms with Gasteiger partial charge in [0.1, 0.15) is 11.5 Å². The van der Waals surface area contributed by atoms with E-state index >= 15 is 0 Å². The number of aromatic nitrogens is 3. The minimum absolute atomic E-state index is 0.159. The van der Waals surface area contributed by atoms with Gasteiger partial charge in [-0.3, -0.25) is 4.79 Å². The van der Waals surface area contributed by atoms with E-state index in [1.807, 2.05) is 56.3 Å². The Morgan fingerprint density at radius 2 is 1.46 bits per heavy atom. The van der Waals surface area contributed by atoms with Crippen LogP contribution in [0, 0.1) is 13.8 Å². The molecule has 0 radical (unpaired) electrons. The van der Waals surface area contributed by atoms with Gasteiger partial charge in [0.15, 0.2) is 0 Å². The Balaban J connectivity index is 1.97. The van der Waals surface area contributed by atoms with Gasteiger partial charge in [0.2, 0.25) is 0 Å². The summed E-state index contributed by atoms with van der Waals surface area (Å²) in [6, 6.07) is 15.1. The molecule has 6 nitrogen and oxygen atoms in total. The van der Waals surface area contributed by atoms with Crippen LogP contribution in [0.5, 0.6) is 11.5 Å². The van der Waals surface area contributed by atoms with E-state index in [2.05, 4.69) is 9.67 Å². The van der Waals surface area contributed by atoms with Crippen molar-refractivity contribution in [1.82, 2.24) is 14.3 Å². The Bertz CT molecular complexity index is 1240. The number of benzene rings is 2. The first-order valence-electron chi connectivity index (χ1n) is 8.94. The van der Waals surface area contributed by atoms with Crippen LogP contribution in [0.1, 0.15) is 11.4 Å². The third kappa shape index (κ3) is 2.74. The second kappa shape index (κ2) is 6.88. The molecule has 2 heterocycles. The number of hydrogen-bond acceptors (Lipinski definition) is 4. The Morgan fingerprint density at radius 1 is 0.857 bits per heavy atom. The predicted molar refractivity (Wildman–Crippen MR) is 109 cm³/mol. The molecule has 0 N–H and O–H groups in total. The van der Waals surface area contributed by atoms with Crippen LogP contribution in [0.3, 0.4) is 0 Å². The lowest BCUT2D eigenvalue weighted by atomic mass is 10.2. The average Bonchev–Trinajstić information content (AvgIpc) is 2.99. The zero-order chi connectivity index (χ0) is 19.8. The van der Waals surface area contributed by atoms with Crippen LogP contribution >= 0.6 is 0 Å². The third-order valence-corrected chi connectivity index (χ3v) is 5.01. The summed E-state index contributed by atoms with van der Waals surface area (Å²) < 4.78 is 14.1. The van der Waals surface area contributed by atoms with Gasteiger partial charge in [-0.15, -0.1) is 0 Å². The van der Waals surface area contributed by atoms with Crippen LogP contribution in [0.15, 0.2) is 59.5 Å². The first-order chi connectivity index (χ1) is 13.5. The number of fused-ring (bicyclic) bond motifs is 1. The molecule has 0 aliphatic rings. The van der Waals surface area contributed by atoms with E-state index in [1.54, 1.807) is 26.5 Å². The number of rotatable bonds is 4. The molecule has 2 aromatic heterocycles. The number of methoxy groups -OCH3 is 2. The minimum atomic E-state index is -0.159. The van der Waals surface area contributed by atoms with E-state index in [0.717, 1.165) is 28.2 Å². The van der Waals surface area contributed by atoms with Gasteiger partial charge < -0.3 is 14.0 Å². The molecule has 4 rings (SSSR count). The molecule has 0 aliphatic heterocycles. The Kier molecular flexibility index (Phi) is 4.39. The van der Waals surface area contributed by atoms with Crippen molar-refractivity contribution < 1.29 is 9.47 Å². The molecule has 0 amide bonds. The van der Waals surface area contributed by atoms with Gasteiger partial charge in [-0.2, -0.15) is 9.78 Å². The van der Waals surface area contributed by atoms with Gasteiger partial charge in [-0.05, 0) is 38.1 Å². The van der Waals surface area contributed by atoms with Crippen LogP contribution in [0.2, 0.25) is 0 Å². The molecule has 0 spiro atoms. The molecule has 0 bridgehead atoms. The molecule has 6 heteroatoms. The van der Waals surface area contributed by atoms with E-state index in [9.17, 15) is 4.79 Å². The van der Waals surface area contributed by atoms with Crippen LogP contribution in [-0.4, -0.2) is 28.6 Å². The van der Waals surface area contributed by atoms with Crippen LogP contribution in [0.4, 0.5) is 0 Å². The lowest BCUT2D eigenvalue weighted by Gasteiger charge is -2.10. The van der Waals surface area contributed by atoms with E-state index in [1.165, 1.54) is 4.68 Å². The van der Waals surface area contributed by atoms with Gasteiger partial charge >= 0.3 is 0 Å². The Labute approximate surface area is 162 Å². The fraction of sp³-hybridized carbons (Fsp3) is 0.182. The quantitative estimate of drug-likeness (QED) is 0.544. The average molecular weight is 375 g/mol. The molecule has 0 unspecified atom stereocenters. The molecule has 0 saturated carbocycles. The predicted octanol–water partition coefficient (Wildman–Crippen LogP) is 3.81. The molecule has 142 valence electrons. The zero-order valence-corrected chi connectivity index (χ0v) is 16.3. The fourth-order valence-electron chi connectivity index (χ4n) is 3.62. The summed E-state index contributed by atoms with van der Waals surface area (Å²) in [5, 5.41) is 5.89. The molecule has 4 aromatic rings. The number of nitrogens with zero attached hydrogens (tertiary/aromatic N) is 3. The van der Waals surface area contributed by atoms with Crippen LogP contribution in [0.25, 0.3) is 22.1 Å². The molecular formula is C22H21N3O3. The second-order valence-corrected chi connectivity index (χ2v) is 6.56. The SMILES string of the molecule is COc1cccc(-n2c(C)c3cnn(-c4cccc(OC)c4)c(=O)c3c2C)c1. The normalized spacial score (nSPS) is 11.0. The molecule has 0 atom stereocenters. The van der Waals surface area contributed by atoms with E-state index in [4.69, 9.17) is 9.47 Å². The number of aryl methyl sites for hydroxylation is 2. The smallest absolute Gasteiger partial charge is 0.281 e. The van der Waals surface area contributed by atoms with E-state index in [0.29, 0.717) is 16.8 Å². The lowest BCUT2D eigenvalue weighted by Crippen LogP contribution is -2.21. The maximum Gasteiger partial charge on any atom is 0.281 e. The summed E-state index contributed by atoms with van der Waals surface area (Å²) in [6.45, 7) is 3.94. The Morgan fingerprint density at radius 3 is 2.11 bits per heavy atom. The van der Waals surface area contributed by atoms with Crippen molar-refractivity contribution in [1.29, 1.82) is 0 Å². The van der Waals surface area contributed by atoms with Gasteiger partial charge in [0, 0.05) is 34.6 Å². The molecule has 0 aliphatic carbocycles. The number of ether oxygens (including phenoxy) is 2. The van der Waals surface area contributed by atoms with Crippen LogP contribution in [-0.2, 0) is 0 Å². The molecule has 2 aromatic carbocycles. The van der Waals surface area contributed by atoms with Crippen molar-refractivity contribution in [2.45, 2.75) is 13.8 Å².